The van der Waals surface area contributed by atoms with Gasteiger partial charge >= 0.3 is 0 Å². The minimum atomic E-state index is -0.357. The Balaban J connectivity index is 1.86. The number of halogens is 1. The van der Waals surface area contributed by atoms with Crippen LogP contribution in [0.4, 0.5) is 10.1 Å². The van der Waals surface area contributed by atoms with Crippen molar-refractivity contribution >= 4 is 11.6 Å². The number of nitrogens with zero attached hydrogens (tertiary/aromatic N) is 1. The molecule has 3 rings (SSSR count). The van der Waals surface area contributed by atoms with Crippen LogP contribution >= 0.6 is 0 Å². The fraction of sp³-hybridized carbons (Fsp3) is 0.533. The van der Waals surface area contributed by atoms with Gasteiger partial charge in [-0.05, 0) is 44.5 Å². The fourth-order valence-electron chi connectivity index (χ4n) is 3.01. The molecule has 1 aromatic carbocycles. The summed E-state index contributed by atoms with van der Waals surface area (Å²) in [5, 5.41) is 3.34. The first-order valence-electron chi connectivity index (χ1n) is 7.10. The Hall–Kier alpha value is -1.46. The van der Waals surface area contributed by atoms with E-state index in [1.54, 1.807) is 23.1 Å². The number of amides is 1. The number of hydrogen-bond donors (Lipinski definition) is 1. The first-order chi connectivity index (χ1) is 9.70. The van der Waals surface area contributed by atoms with Crippen LogP contribution in [-0.4, -0.2) is 37.7 Å². The zero-order valence-electron chi connectivity index (χ0n) is 11.4. The number of hydrogen-bond acceptors (Lipinski definition) is 3. The molecule has 1 N–H and O–H groups in total. The van der Waals surface area contributed by atoms with E-state index in [4.69, 9.17) is 4.74 Å². The van der Waals surface area contributed by atoms with Crippen molar-refractivity contribution in [2.24, 2.45) is 0 Å². The van der Waals surface area contributed by atoms with Crippen LogP contribution in [0.5, 0.6) is 0 Å². The molecule has 0 radical (unpaired) electrons. The van der Waals surface area contributed by atoms with Crippen LogP contribution in [0.15, 0.2) is 24.3 Å². The zero-order chi connectivity index (χ0) is 14.0. The predicted molar refractivity (Wildman–Crippen MR) is 74.2 cm³/mol. The summed E-state index contributed by atoms with van der Waals surface area (Å²) in [4.78, 5) is 13.6. The van der Waals surface area contributed by atoms with Crippen molar-refractivity contribution in [1.29, 1.82) is 0 Å². The van der Waals surface area contributed by atoms with Gasteiger partial charge in [-0.15, -0.1) is 0 Å². The van der Waals surface area contributed by atoms with Crippen LogP contribution in [0.2, 0.25) is 0 Å². The maximum atomic E-state index is 13.9. The summed E-state index contributed by atoms with van der Waals surface area (Å²) in [7, 11) is 0. The van der Waals surface area contributed by atoms with Gasteiger partial charge in [0.05, 0.1) is 17.8 Å². The van der Waals surface area contributed by atoms with E-state index < -0.39 is 0 Å². The smallest absolute Gasteiger partial charge is 0.253 e. The van der Waals surface area contributed by atoms with Crippen molar-refractivity contribution in [3.8, 4) is 0 Å². The number of morpholine rings is 1. The van der Waals surface area contributed by atoms with Crippen LogP contribution in [-0.2, 0) is 9.53 Å². The molecule has 2 saturated heterocycles. The van der Waals surface area contributed by atoms with E-state index in [2.05, 4.69) is 5.32 Å². The van der Waals surface area contributed by atoms with Crippen molar-refractivity contribution in [1.82, 2.24) is 5.32 Å². The highest BCUT2D eigenvalue weighted by atomic mass is 19.1. The molecule has 0 aromatic heterocycles. The van der Waals surface area contributed by atoms with Gasteiger partial charge in [0, 0.05) is 0 Å². The third-order valence-electron chi connectivity index (χ3n) is 4.14. The molecular formula is C15H19FN2O2. The van der Waals surface area contributed by atoms with Crippen molar-refractivity contribution in [2.75, 3.05) is 31.1 Å². The quantitative estimate of drug-likeness (QED) is 0.850. The largest absolute Gasteiger partial charge is 0.363 e. The number of nitrogens with one attached hydrogen (secondary N) is 1. The van der Waals surface area contributed by atoms with Crippen LogP contribution in [0, 0.1) is 5.82 Å². The van der Waals surface area contributed by atoms with Crippen LogP contribution in [0.25, 0.3) is 0 Å². The molecule has 108 valence electrons. The standard InChI is InChI=1S/C15H19FN2O2/c16-12-4-1-2-5-13(12)18-11-15(20-10-14(18)19)6-3-8-17-9-7-15/h1-2,4-5,17H,3,6-11H2. The van der Waals surface area contributed by atoms with E-state index >= 15 is 0 Å². The molecule has 1 spiro atoms. The molecule has 4 nitrogen and oxygen atoms in total. The van der Waals surface area contributed by atoms with E-state index in [1.165, 1.54) is 6.07 Å². The maximum absolute atomic E-state index is 13.9. The summed E-state index contributed by atoms with van der Waals surface area (Å²) in [5.41, 5.74) is 0.0250. The number of ether oxygens (including phenoxy) is 1. The minimum Gasteiger partial charge on any atom is -0.363 e. The fourth-order valence-corrected chi connectivity index (χ4v) is 3.01. The van der Waals surface area contributed by atoms with Gasteiger partial charge in [-0.25, -0.2) is 4.39 Å². The molecule has 0 saturated carbocycles. The van der Waals surface area contributed by atoms with E-state index in [-0.39, 0.29) is 23.9 Å². The Morgan fingerprint density at radius 2 is 2.10 bits per heavy atom. The Morgan fingerprint density at radius 1 is 1.25 bits per heavy atom. The molecule has 2 fully saturated rings. The zero-order valence-corrected chi connectivity index (χ0v) is 11.4. The van der Waals surface area contributed by atoms with Crippen LogP contribution in [0.1, 0.15) is 19.3 Å². The van der Waals surface area contributed by atoms with Gasteiger partial charge in [-0.2, -0.15) is 0 Å². The van der Waals surface area contributed by atoms with Gasteiger partial charge in [0.2, 0.25) is 0 Å². The molecule has 1 amide bonds. The third kappa shape index (κ3) is 2.55. The van der Waals surface area contributed by atoms with Crippen molar-refractivity contribution in [3.63, 3.8) is 0 Å². The topological polar surface area (TPSA) is 41.6 Å². The van der Waals surface area contributed by atoms with Gasteiger partial charge in [0.1, 0.15) is 12.4 Å². The summed E-state index contributed by atoms with van der Waals surface area (Å²) in [5.74, 6) is -0.525. The highest BCUT2D eigenvalue weighted by Crippen LogP contribution is 2.32. The molecular weight excluding hydrogens is 259 g/mol. The lowest BCUT2D eigenvalue weighted by molar-refractivity contribution is -0.140. The molecule has 1 aromatic rings. The van der Waals surface area contributed by atoms with Crippen molar-refractivity contribution < 1.29 is 13.9 Å². The molecule has 1 atom stereocenters. The number of carbonyl (C=O) groups excluding carboxylic acids is 1. The Bertz CT molecular complexity index is 498. The molecule has 0 bridgehead atoms. The second-order valence-electron chi connectivity index (χ2n) is 5.51. The van der Waals surface area contributed by atoms with Crippen LogP contribution in [0.3, 0.4) is 0 Å². The SMILES string of the molecule is O=C1COC2(CCCNCC2)CN1c1ccccc1F. The normalized spacial score (nSPS) is 27.6. The van der Waals surface area contributed by atoms with Crippen molar-refractivity contribution in [2.45, 2.75) is 24.9 Å². The van der Waals surface area contributed by atoms with Gasteiger partial charge in [0.15, 0.2) is 0 Å². The van der Waals surface area contributed by atoms with Gasteiger partial charge in [-0.1, -0.05) is 12.1 Å². The third-order valence-corrected chi connectivity index (χ3v) is 4.14. The second-order valence-corrected chi connectivity index (χ2v) is 5.51. The lowest BCUT2D eigenvalue weighted by atomic mass is 9.92. The molecule has 1 unspecified atom stereocenters. The maximum Gasteiger partial charge on any atom is 0.253 e. The first-order valence-corrected chi connectivity index (χ1v) is 7.10. The number of rotatable bonds is 1. The van der Waals surface area contributed by atoms with Crippen molar-refractivity contribution in [3.05, 3.63) is 30.1 Å². The summed E-state index contributed by atoms with van der Waals surface area (Å²) >= 11 is 0. The number of benzene rings is 1. The molecule has 2 heterocycles. The Morgan fingerprint density at radius 3 is 2.95 bits per heavy atom. The van der Waals surface area contributed by atoms with Gasteiger partial charge in [0.25, 0.3) is 5.91 Å². The van der Waals surface area contributed by atoms with Gasteiger partial charge in [-0.3, -0.25) is 4.79 Å². The lowest BCUT2D eigenvalue weighted by Gasteiger charge is -2.42. The summed E-state index contributed by atoms with van der Waals surface area (Å²) in [6.07, 6.45) is 2.77. The van der Waals surface area contributed by atoms with E-state index in [0.29, 0.717) is 12.2 Å². The number of carbonyl (C=O) groups is 1. The lowest BCUT2D eigenvalue weighted by Crippen LogP contribution is -2.55. The minimum absolute atomic E-state index is 0.0360. The van der Waals surface area contributed by atoms with E-state index in [9.17, 15) is 9.18 Å². The number of anilines is 1. The molecule has 5 heteroatoms. The second kappa shape index (κ2) is 5.50. The average Bonchev–Trinajstić information content (AvgIpc) is 2.69. The molecule has 0 aliphatic carbocycles. The summed E-state index contributed by atoms with van der Waals surface area (Å²) in [6.45, 7) is 2.32. The first kappa shape index (κ1) is 13.5. The average molecular weight is 278 g/mol. The van der Waals surface area contributed by atoms with E-state index in [0.717, 1.165) is 32.4 Å². The highest BCUT2D eigenvalue weighted by Gasteiger charge is 2.40. The molecule has 20 heavy (non-hydrogen) atoms. The molecule has 2 aliphatic heterocycles. The van der Waals surface area contributed by atoms with Crippen LogP contribution < -0.4 is 10.2 Å². The predicted octanol–water partition coefficient (Wildman–Crippen LogP) is 1.70. The molecule has 2 aliphatic rings. The monoisotopic (exact) mass is 278 g/mol. The Kier molecular flexibility index (Phi) is 3.72. The van der Waals surface area contributed by atoms with Gasteiger partial charge < -0.3 is 15.0 Å². The Labute approximate surface area is 117 Å². The summed E-state index contributed by atoms with van der Waals surface area (Å²) in [6, 6.07) is 6.43. The van der Waals surface area contributed by atoms with E-state index in [1.807, 2.05) is 0 Å². The highest BCUT2D eigenvalue weighted by molar-refractivity contribution is 5.95. The number of para-hydroxylation sites is 1. The summed E-state index contributed by atoms with van der Waals surface area (Å²) < 4.78 is 19.8.